The zero-order valence-electron chi connectivity index (χ0n) is 12.1. The summed E-state index contributed by atoms with van der Waals surface area (Å²) in [5.41, 5.74) is 1.29. The molecule has 1 aromatic carbocycles. The van der Waals surface area contributed by atoms with Crippen LogP contribution in [0.3, 0.4) is 0 Å². The molecular weight excluding hydrogens is 272 g/mol. The molecule has 110 valence electrons. The molecule has 0 saturated carbocycles. The molecule has 0 radical (unpaired) electrons. The fourth-order valence-corrected chi connectivity index (χ4v) is 2.14. The van der Waals surface area contributed by atoms with Crippen LogP contribution < -0.4 is 5.32 Å². The summed E-state index contributed by atoms with van der Waals surface area (Å²) in [7, 11) is 0. The van der Waals surface area contributed by atoms with Crippen LogP contribution in [0.4, 0.5) is 5.95 Å². The Labute approximate surface area is 127 Å². The lowest BCUT2D eigenvalue weighted by Gasteiger charge is -2.16. The number of rotatable bonds is 7. The molecule has 0 spiro atoms. The van der Waals surface area contributed by atoms with Crippen molar-refractivity contribution in [2.45, 2.75) is 39.2 Å². The largest absolute Gasteiger partial charge is 0.353 e. The molecule has 0 saturated heterocycles. The summed E-state index contributed by atoms with van der Waals surface area (Å²) in [4.78, 5) is 4.32. The predicted octanol–water partition coefficient (Wildman–Crippen LogP) is 3.91. The average molecular weight is 295 g/mol. The molecule has 0 fully saturated rings. The van der Waals surface area contributed by atoms with Gasteiger partial charge >= 0.3 is 0 Å². The molecule has 20 heavy (non-hydrogen) atoms. The maximum Gasteiger partial charge on any atom is 0.242 e. The van der Waals surface area contributed by atoms with E-state index in [1.165, 1.54) is 5.56 Å². The van der Waals surface area contributed by atoms with Crippen LogP contribution in [0.5, 0.6) is 0 Å². The van der Waals surface area contributed by atoms with Crippen LogP contribution in [0.25, 0.3) is 0 Å². The summed E-state index contributed by atoms with van der Waals surface area (Å²) in [5.74, 6) is 0.721. The normalized spacial score (nSPS) is 11.7. The van der Waals surface area contributed by atoms with Gasteiger partial charge in [0.1, 0.15) is 6.33 Å². The van der Waals surface area contributed by atoms with Crippen molar-refractivity contribution >= 4 is 18.4 Å². The van der Waals surface area contributed by atoms with E-state index in [0.717, 1.165) is 31.8 Å². The van der Waals surface area contributed by atoms with E-state index >= 15 is 0 Å². The van der Waals surface area contributed by atoms with E-state index in [-0.39, 0.29) is 18.4 Å². The zero-order valence-corrected chi connectivity index (χ0v) is 12.9. The van der Waals surface area contributed by atoms with E-state index in [0.29, 0.717) is 0 Å². The Morgan fingerprint density at radius 3 is 2.55 bits per heavy atom. The Morgan fingerprint density at radius 1 is 1.15 bits per heavy atom. The van der Waals surface area contributed by atoms with Gasteiger partial charge in [0.25, 0.3) is 0 Å². The number of hydrogen-bond acceptors (Lipinski definition) is 3. The van der Waals surface area contributed by atoms with Gasteiger partial charge in [-0.1, -0.05) is 50.6 Å². The number of nitrogens with zero attached hydrogens (tertiary/aromatic N) is 3. The predicted molar refractivity (Wildman–Crippen MR) is 85.5 cm³/mol. The van der Waals surface area contributed by atoms with Crippen molar-refractivity contribution in [2.75, 3.05) is 11.9 Å². The lowest BCUT2D eigenvalue weighted by molar-refractivity contribution is 0.484. The first-order chi connectivity index (χ1) is 9.35. The maximum absolute atomic E-state index is 4.54. The minimum Gasteiger partial charge on any atom is -0.353 e. The molecule has 5 heteroatoms. The van der Waals surface area contributed by atoms with Crippen molar-refractivity contribution in [1.82, 2.24) is 14.8 Å². The molecule has 1 aromatic heterocycles. The Hall–Kier alpha value is -1.55. The number of halogens is 1. The number of nitrogens with one attached hydrogen (secondary N) is 1. The second-order valence-electron chi connectivity index (χ2n) is 4.69. The number of benzene rings is 1. The minimum atomic E-state index is 0. The highest BCUT2D eigenvalue weighted by atomic mass is 35.5. The second kappa shape index (κ2) is 8.59. The molecule has 0 aliphatic heterocycles. The molecule has 1 N–H and O–H groups in total. The highest BCUT2D eigenvalue weighted by Crippen LogP contribution is 2.22. The standard InChI is InChI=1S/C15H22N4.ClH/c1-3-8-14(13-9-6-5-7-10-13)19-12-17-15(18-19)16-11-4-2;/h5-7,9-10,12,14H,3-4,8,11H2,1-2H3,(H,16,18);1H/t14-;/m0./s1. The van der Waals surface area contributed by atoms with Crippen LogP contribution in [0.15, 0.2) is 36.7 Å². The zero-order chi connectivity index (χ0) is 13.5. The summed E-state index contributed by atoms with van der Waals surface area (Å²) >= 11 is 0. The van der Waals surface area contributed by atoms with Crippen LogP contribution in [0, 0.1) is 0 Å². The first-order valence-corrected chi connectivity index (χ1v) is 7.05. The van der Waals surface area contributed by atoms with Gasteiger partial charge in [-0.25, -0.2) is 9.67 Å². The van der Waals surface area contributed by atoms with E-state index in [4.69, 9.17) is 0 Å². The minimum absolute atomic E-state index is 0. The van der Waals surface area contributed by atoms with Crippen LogP contribution in [-0.2, 0) is 0 Å². The number of aromatic nitrogens is 3. The van der Waals surface area contributed by atoms with E-state index in [1.807, 2.05) is 17.1 Å². The van der Waals surface area contributed by atoms with E-state index in [2.05, 4.69) is 53.5 Å². The Bertz CT molecular complexity index is 484. The van der Waals surface area contributed by atoms with Gasteiger partial charge in [-0.2, -0.15) is 0 Å². The van der Waals surface area contributed by atoms with Crippen molar-refractivity contribution in [3.63, 3.8) is 0 Å². The SMILES string of the molecule is CCCNc1ncn([C@@H](CCC)c2ccccc2)n1.Cl. The maximum atomic E-state index is 4.54. The van der Waals surface area contributed by atoms with Gasteiger partial charge < -0.3 is 5.32 Å². The van der Waals surface area contributed by atoms with Crippen LogP contribution >= 0.6 is 12.4 Å². The quantitative estimate of drug-likeness (QED) is 0.842. The summed E-state index contributed by atoms with van der Waals surface area (Å²) in [6.07, 6.45) is 5.09. The summed E-state index contributed by atoms with van der Waals surface area (Å²) in [6.45, 7) is 5.24. The van der Waals surface area contributed by atoms with Crippen molar-refractivity contribution in [3.8, 4) is 0 Å². The molecule has 0 bridgehead atoms. The third kappa shape index (κ3) is 4.23. The fourth-order valence-electron chi connectivity index (χ4n) is 2.14. The molecule has 1 atom stereocenters. The van der Waals surface area contributed by atoms with Crippen molar-refractivity contribution in [1.29, 1.82) is 0 Å². The molecular formula is C15H23ClN4. The average Bonchev–Trinajstić information content (AvgIpc) is 2.92. The Balaban J connectivity index is 0.00000200. The molecule has 2 aromatic rings. The highest BCUT2D eigenvalue weighted by molar-refractivity contribution is 5.85. The molecule has 0 aliphatic rings. The lowest BCUT2D eigenvalue weighted by Crippen LogP contribution is -2.12. The van der Waals surface area contributed by atoms with Gasteiger partial charge in [0, 0.05) is 6.54 Å². The highest BCUT2D eigenvalue weighted by Gasteiger charge is 2.14. The van der Waals surface area contributed by atoms with Gasteiger partial charge in [-0.05, 0) is 18.4 Å². The molecule has 2 rings (SSSR count). The lowest BCUT2D eigenvalue weighted by atomic mass is 10.0. The van der Waals surface area contributed by atoms with Gasteiger partial charge in [0.15, 0.2) is 0 Å². The van der Waals surface area contributed by atoms with Crippen LogP contribution in [-0.4, -0.2) is 21.3 Å². The molecule has 4 nitrogen and oxygen atoms in total. The van der Waals surface area contributed by atoms with Crippen molar-refractivity contribution in [3.05, 3.63) is 42.2 Å². The van der Waals surface area contributed by atoms with E-state index in [1.54, 1.807) is 0 Å². The van der Waals surface area contributed by atoms with Crippen molar-refractivity contribution < 1.29 is 0 Å². The summed E-state index contributed by atoms with van der Waals surface area (Å²) in [6, 6.07) is 10.8. The fraction of sp³-hybridized carbons (Fsp3) is 0.467. The first-order valence-electron chi connectivity index (χ1n) is 7.05. The Kier molecular flexibility index (Phi) is 7.09. The molecule has 0 amide bonds. The van der Waals surface area contributed by atoms with Crippen LogP contribution in [0.1, 0.15) is 44.7 Å². The van der Waals surface area contributed by atoms with E-state index in [9.17, 15) is 0 Å². The summed E-state index contributed by atoms with van der Waals surface area (Å²) in [5, 5.41) is 7.76. The van der Waals surface area contributed by atoms with Gasteiger partial charge in [-0.15, -0.1) is 17.5 Å². The molecule has 1 heterocycles. The van der Waals surface area contributed by atoms with Crippen molar-refractivity contribution in [2.24, 2.45) is 0 Å². The second-order valence-corrected chi connectivity index (χ2v) is 4.69. The van der Waals surface area contributed by atoms with E-state index < -0.39 is 0 Å². The topological polar surface area (TPSA) is 42.7 Å². The number of anilines is 1. The first kappa shape index (κ1) is 16.5. The van der Waals surface area contributed by atoms with Gasteiger partial charge in [0.2, 0.25) is 5.95 Å². The van der Waals surface area contributed by atoms with Gasteiger partial charge in [-0.3, -0.25) is 0 Å². The summed E-state index contributed by atoms with van der Waals surface area (Å²) < 4.78 is 1.97. The molecule has 0 unspecified atom stereocenters. The number of hydrogen-bond donors (Lipinski definition) is 1. The monoisotopic (exact) mass is 294 g/mol. The van der Waals surface area contributed by atoms with Gasteiger partial charge in [0.05, 0.1) is 6.04 Å². The molecule has 0 aliphatic carbocycles. The van der Waals surface area contributed by atoms with Crippen LogP contribution in [0.2, 0.25) is 0 Å². The third-order valence-electron chi connectivity index (χ3n) is 3.11. The third-order valence-corrected chi connectivity index (χ3v) is 3.11. The smallest absolute Gasteiger partial charge is 0.242 e. The Morgan fingerprint density at radius 2 is 1.90 bits per heavy atom.